The highest BCUT2D eigenvalue weighted by molar-refractivity contribution is 5.83. The SMILES string of the molecule is C=Cc1c(C(=C)NC2CCN(C)CC2)cc(NC2CCC(NC(=O)C3CC3)C2)nc1C(=C)C(F)(F)F. The monoisotopic (exact) mass is 503 g/mol. The van der Waals surface area contributed by atoms with Gasteiger partial charge < -0.3 is 20.9 Å². The first-order valence-electron chi connectivity index (χ1n) is 12.7. The second-order valence-electron chi connectivity index (χ2n) is 10.3. The quantitative estimate of drug-likeness (QED) is 0.451. The zero-order valence-electron chi connectivity index (χ0n) is 20.9. The summed E-state index contributed by atoms with van der Waals surface area (Å²) in [5.74, 6) is 0.588. The molecular formula is C27H36F3N5O. The Labute approximate surface area is 211 Å². The molecule has 3 fully saturated rings. The molecule has 0 aromatic carbocycles. The highest BCUT2D eigenvalue weighted by Gasteiger charge is 2.37. The van der Waals surface area contributed by atoms with Crippen molar-refractivity contribution < 1.29 is 18.0 Å². The molecule has 2 unspecified atom stereocenters. The highest BCUT2D eigenvalue weighted by atomic mass is 19.4. The summed E-state index contributed by atoms with van der Waals surface area (Å²) in [5, 5.41) is 9.83. The summed E-state index contributed by atoms with van der Waals surface area (Å²) in [5.41, 5.74) is 0.0608. The van der Waals surface area contributed by atoms with Gasteiger partial charge in [-0.3, -0.25) is 4.79 Å². The van der Waals surface area contributed by atoms with Crippen molar-refractivity contribution in [2.45, 2.75) is 69.2 Å². The van der Waals surface area contributed by atoms with Gasteiger partial charge >= 0.3 is 6.18 Å². The Morgan fingerprint density at radius 1 is 1.06 bits per heavy atom. The van der Waals surface area contributed by atoms with E-state index >= 15 is 0 Å². The molecule has 1 saturated heterocycles. The van der Waals surface area contributed by atoms with Gasteiger partial charge in [-0.05, 0) is 71.1 Å². The largest absolute Gasteiger partial charge is 0.417 e. The van der Waals surface area contributed by atoms with Crippen LogP contribution in [0, 0.1) is 5.92 Å². The Bertz CT molecular complexity index is 1020. The number of nitrogens with one attached hydrogen (secondary N) is 3. The number of allylic oxidation sites excluding steroid dienone is 1. The molecule has 2 aliphatic carbocycles. The number of alkyl halides is 3. The molecule has 0 radical (unpaired) electrons. The molecule has 36 heavy (non-hydrogen) atoms. The second kappa shape index (κ2) is 10.7. The van der Waals surface area contributed by atoms with Gasteiger partial charge in [0.2, 0.25) is 5.91 Å². The number of halogens is 3. The molecule has 4 rings (SSSR count). The molecule has 9 heteroatoms. The van der Waals surface area contributed by atoms with Crippen LogP contribution in [0.15, 0.2) is 25.8 Å². The fourth-order valence-electron chi connectivity index (χ4n) is 5.04. The van der Waals surface area contributed by atoms with Crippen LogP contribution >= 0.6 is 0 Å². The van der Waals surface area contributed by atoms with Gasteiger partial charge in [0.05, 0.1) is 11.3 Å². The van der Waals surface area contributed by atoms with Crippen LogP contribution in [0.25, 0.3) is 17.3 Å². The Morgan fingerprint density at radius 3 is 2.33 bits per heavy atom. The van der Waals surface area contributed by atoms with Crippen molar-refractivity contribution in [3.05, 3.63) is 42.6 Å². The molecule has 0 bridgehead atoms. The number of carbonyl (C=O) groups is 1. The van der Waals surface area contributed by atoms with Crippen molar-refractivity contribution in [3.8, 4) is 0 Å². The summed E-state index contributed by atoms with van der Waals surface area (Å²) in [6, 6.07) is 1.99. The summed E-state index contributed by atoms with van der Waals surface area (Å²) in [4.78, 5) is 18.7. The first kappa shape index (κ1) is 26.3. The minimum Gasteiger partial charge on any atom is -0.382 e. The fourth-order valence-corrected chi connectivity index (χ4v) is 5.04. The molecular weight excluding hydrogens is 467 g/mol. The van der Waals surface area contributed by atoms with E-state index in [0.717, 1.165) is 51.6 Å². The average molecular weight is 504 g/mol. The van der Waals surface area contributed by atoms with Gasteiger partial charge in [0.1, 0.15) is 5.82 Å². The molecule has 196 valence electrons. The smallest absolute Gasteiger partial charge is 0.382 e. The van der Waals surface area contributed by atoms with E-state index < -0.39 is 11.7 Å². The standard InChI is InChI=1S/C27H36F3N5O/c1-5-22-23(17(3)31-19-10-12-35(4)13-11-19)15-24(34-25(22)16(2)27(28,29)30)32-20-8-9-21(14-20)33-26(36)18-6-7-18/h5,15,18-21,31H,1-3,6-14H2,4H3,(H,32,34)(H,33,36). The predicted octanol–water partition coefficient (Wildman–Crippen LogP) is 4.81. The second-order valence-corrected chi connectivity index (χ2v) is 10.3. The lowest BCUT2D eigenvalue weighted by Gasteiger charge is -2.31. The minimum absolute atomic E-state index is 0.00783. The Balaban J connectivity index is 1.55. The van der Waals surface area contributed by atoms with Crippen molar-refractivity contribution in [2.75, 3.05) is 25.5 Å². The molecule has 2 atom stereocenters. The Morgan fingerprint density at radius 2 is 1.72 bits per heavy atom. The van der Waals surface area contributed by atoms with Crippen LogP contribution in [0.3, 0.4) is 0 Å². The van der Waals surface area contributed by atoms with Crippen molar-refractivity contribution in [3.63, 3.8) is 0 Å². The number of amides is 1. The molecule has 2 heterocycles. The van der Waals surface area contributed by atoms with E-state index in [4.69, 9.17) is 0 Å². The van der Waals surface area contributed by atoms with Gasteiger partial charge in [-0.15, -0.1) is 0 Å². The van der Waals surface area contributed by atoms with Crippen LogP contribution in [-0.4, -0.2) is 60.2 Å². The van der Waals surface area contributed by atoms with Crippen molar-refractivity contribution in [1.82, 2.24) is 20.5 Å². The summed E-state index contributed by atoms with van der Waals surface area (Å²) < 4.78 is 41.1. The third-order valence-electron chi connectivity index (χ3n) is 7.39. The first-order chi connectivity index (χ1) is 17.0. The summed E-state index contributed by atoms with van der Waals surface area (Å²) in [6.07, 6.45) is 2.81. The van der Waals surface area contributed by atoms with Crippen LogP contribution in [0.1, 0.15) is 61.8 Å². The highest BCUT2D eigenvalue weighted by Crippen LogP contribution is 2.37. The van der Waals surface area contributed by atoms with Gasteiger partial charge in [-0.1, -0.05) is 25.8 Å². The zero-order chi connectivity index (χ0) is 26.0. The molecule has 0 spiro atoms. The Kier molecular flexibility index (Phi) is 7.78. The third kappa shape index (κ3) is 6.30. The zero-order valence-corrected chi connectivity index (χ0v) is 20.9. The van der Waals surface area contributed by atoms with Gasteiger partial charge in [0.15, 0.2) is 0 Å². The van der Waals surface area contributed by atoms with Gasteiger partial charge in [-0.25, -0.2) is 4.98 Å². The normalized spacial score (nSPS) is 23.2. The van der Waals surface area contributed by atoms with E-state index in [0.29, 0.717) is 23.5 Å². The van der Waals surface area contributed by atoms with Crippen LogP contribution < -0.4 is 16.0 Å². The number of rotatable bonds is 9. The lowest BCUT2D eigenvalue weighted by Crippen LogP contribution is -2.40. The summed E-state index contributed by atoms with van der Waals surface area (Å²) in [7, 11) is 2.07. The number of hydrogen-bond donors (Lipinski definition) is 3. The van der Waals surface area contributed by atoms with Gasteiger partial charge in [0, 0.05) is 40.9 Å². The van der Waals surface area contributed by atoms with E-state index in [1.54, 1.807) is 6.07 Å². The van der Waals surface area contributed by atoms with Crippen molar-refractivity contribution in [1.29, 1.82) is 0 Å². The van der Waals surface area contributed by atoms with Crippen LogP contribution in [-0.2, 0) is 4.79 Å². The number of carbonyl (C=O) groups excluding carboxylic acids is 1. The molecule has 6 nitrogen and oxygen atoms in total. The van der Waals surface area contributed by atoms with Crippen LogP contribution in [0.5, 0.6) is 0 Å². The van der Waals surface area contributed by atoms with Gasteiger partial charge in [-0.2, -0.15) is 13.2 Å². The number of nitrogens with zero attached hydrogens (tertiary/aromatic N) is 2. The van der Waals surface area contributed by atoms with Crippen molar-refractivity contribution >= 4 is 29.1 Å². The number of hydrogen-bond acceptors (Lipinski definition) is 5. The van der Waals surface area contributed by atoms with Crippen molar-refractivity contribution in [2.24, 2.45) is 5.92 Å². The summed E-state index contributed by atoms with van der Waals surface area (Å²) >= 11 is 0. The molecule has 1 aromatic rings. The van der Waals surface area contributed by atoms with Gasteiger partial charge in [0.25, 0.3) is 0 Å². The molecule has 1 aromatic heterocycles. The van der Waals surface area contributed by atoms with E-state index in [1.165, 1.54) is 6.08 Å². The van der Waals surface area contributed by atoms with Crippen LogP contribution in [0.4, 0.5) is 19.0 Å². The molecule has 3 N–H and O–H groups in total. The molecule has 1 amide bonds. The molecule has 1 aliphatic heterocycles. The minimum atomic E-state index is -4.63. The average Bonchev–Trinajstić information content (AvgIpc) is 3.60. The molecule has 2 saturated carbocycles. The van der Waals surface area contributed by atoms with E-state index in [1.807, 2.05) is 0 Å². The van der Waals surface area contributed by atoms with E-state index in [-0.39, 0.29) is 41.2 Å². The molecule has 3 aliphatic rings. The maximum atomic E-state index is 13.7. The Hall–Kier alpha value is -2.81. The topological polar surface area (TPSA) is 69.3 Å². The number of anilines is 1. The third-order valence-corrected chi connectivity index (χ3v) is 7.39. The maximum Gasteiger partial charge on any atom is 0.417 e. The fraction of sp³-hybridized carbons (Fsp3) is 0.556. The van der Waals surface area contributed by atoms with Crippen LogP contribution in [0.2, 0.25) is 0 Å². The van der Waals surface area contributed by atoms with E-state index in [9.17, 15) is 18.0 Å². The number of pyridine rings is 1. The number of piperidine rings is 1. The lowest BCUT2D eigenvalue weighted by molar-refractivity contribution is -0.122. The first-order valence-corrected chi connectivity index (χ1v) is 12.7. The predicted molar refractivity (Wildman–Crippen MR) is 138 cm³/mol. The lowest BCUT2D eigenvalue weighted by atomic mass is 9.97. The number of aromatic nitrogens is 1. The maximum absolute atomic E-state index is 13.7. The van der Waals surface area contributed by atoms with E-state index in [2.05, 4.69) is 52.6 Å². The summed E-state index contributed by atoms with van der Waals surface area (Å²) in [6.45, 7) is 13.1. The number of likely N-dealkylation sites (tertiary alicyclic amines) is 1.